The van der Waals surface area contributed by atoms with Gasteiger partial charge in [-0.1, -0.05) is 13.8 Å². The Hall–Kier alpha value is -0.0800. The van der Waals surface area contributed by atoms with E-state index in [0.29, 0.717) is 0 Å². The van der Waals surface area contributed by atoms with Gasteiger partial charge < -0.3 is 10.2 Å². The van der Waals surface area contributed by atoms with Crippen LogP contribution in [0.3, 0.4) is 0 Å². The summed E-state index contributed by atoms with van der Waals surface area (Å²) < 4.78 is 0. The van der Waals surface area contributed by atoms with Gasteiger partial charge in [-0.25, -0.2) is 0 Å². The van der Waals surface area contributed by atoms with Crippen molar-refractivity contribution < 1.29 is 0 Å². The fourth-order valence-corrected chi connectivity index (χ4v) is 3.03. The van der Waals surface area contributed by atoms with Gasteiger partial charge in [-0.2, -0.15) is 0 Å². The summed E-state index contributed by atoms with van der Waals surface area (Å²) in [7, 11) is 0. The summed E-state index contributed by atoms with van der Waals surface area (Å²) in [5.41, 5.74) is 0.265. The van der Waals surface area contributed by atoms with E-state index in [-0.39, 0.29) is 5.54 Å². The number of hydrogen-bond donors (Lipinski definition) is 1. The molecule has 0 aliphatic carbocycles. The van der Waals surface area contributed by atoms with E-state index in [1.54, 1.807) is 0 Å². The minimum absolute atomic E-state index is 0.265. The van der Waals surface area contributed by atoms with Crippen molar-refractivity contribution in [3.05, 3.63) is 0 Å². The number of nitrogens with one attached hydrogen (secondary N) is 1. The van der Waals surface area contributed by atoms with Crippen LogP contribution < -0.4 is 5.32 Å². The monoisotopic (exact) mass is 254 g/mol. The van der Waals surface area contributed by atoms with Gasteiger partial charge in [-0.05, 0) is 71.9 Å². The summed E-state index contributed by atoms with van der Waals surface area (Å²) in [4.78, 5) is 2.70. The maximum Gasteiger partial charge on any atom is 0.00965 e. The molecular weight excluding hydrogens is 220 g/mol. The van der Waals surface area contributed by atoms with Crippen molar-refractivity contribution in [1.29, 1.82) is 0 Å². The van der Waals surface area contributed by atoms with Crippen LogP contribution in [0, 0.1) is 11.8 Å². The third-order valence-corrected chi connectivity index (χ3v) is 4.25. The van der Waals surface area contributed by atoms with E-state index in [9.17, 15) is 0 Å². The molecule has 0 spiro atoms. The first-order chi connectivity index (χ1) is 8.29. The molecule has 1 N–H and O–H groups in total. The lowest BCUT2D eigenvalue weighted by Crippen LogP contribution is -2.46. The smallest absolute Gasteiger partial charge is 0.00965 e. The molecule has 1 aliphatic rings. The number of nitrogens with zero attached hydrogens (tertiary/aromatic N) is 1. The number of likely N-dealkylation sites (tertiary alicyclic amines) is 1. The Bertz CT molecular complexity index is 232. The van der Waals surface area contributed by atoms with Gasteiger partial charge in [0.25, 0.3) is 0 Å². The number of unbranched alkanes of at least 4 members (excludes halogenated alkanes) is 1. The largest absolute Gasteiger partial charge is 0.312 e. The number of hydrogen-bond acceptors (Lipinski definition) is 2. The van der Waals surface area contributed by atoms with Crippen LogP contribution in [0.15, 0.2) is 0 Å². The Balaban J connectivity index is 2.18. The minimum Gasteiger partial charge on any atom is -0.312 e. The van der Waals surface area contributed by atoms with Crippen LogP contribution in [0.5, 0.6) is 0 Å². The average Bonchev–Trinajstić information content (AvgIpc) is 2.22. The first-order valence-electron chi connectivity index (χ1n) is 7.78. The highest BCUT2D eigenvalue weighted by atomic mass is 15.2. The van der Waals surface area contributed by atoms with Crippen LogP contribution in [0.25, 0.3) is 0 Å². The van der Waals surface area contributed by atoms with E-state index in [1.807, 2.05) is 0 Å². The van der Waals surface area contributed by atoms with Gasteiger partial charge in [0.2, 0.25) is 0 Å². The molecule has 3 unspecified atom stereocenters. The maximum atomic E-state index is 3.57. The van der Waals surface area contributed by atoms with Crippen molar-refractivity contribution in [2.75, 3.05) is 19.6 Å². The fraction of sp³-hybridized carbons (Fsp3) is 1.00. The SMILES string of the molecule is CC1CC(C)C(C)N(CCCCNC(C)(C)C)C1. The molecule has 0 aromatic rings. The van der Waals surface area contributed by atoms with Gasteiger partial charge in [-0.3, -0.25) is 0 Å². The zero-order chi connectivity index (χ0) is 13.8. The average molecular weight is 254 g/mol. The molecule has 108 valence electrons. The zero-order valence-electron chi connectivity index (χ0n) is 13.4. The van der Waals surface area contributed by atoms with Crippen LogP contribution in [-0.4, -0.2) is 36.1 Å². The Kier molecular flexibility index (Phi) is 6.13. The molecule has 0 aromatic carbocycles. The third-order valence-electron chi connectivity index (χ3n) is 4.25. The highest BCUT2D eigenvalue weighted by Gasteiger charge is 2.27. The summed E-state index contributed by atoms with van der Waals surface area (Å²) in [6.07, 6.45) is 4.03. The Labute approximate surface area is 115 Å². The van der Waals surface area contributed by atoms with Gasteiger partial charge in [-0.15, -0.1) is 0 Å². The van der Waals surface area contributed by atoms with Crippen LogP contribution in [0.1, 0.15) is 60.8 Å². The van der Waals surface area contributed by atoms with Crippen molar-refractivity contribution in [1.82, 2.24) is 10.2 Å². The molecule has 1 saturated heterocycles. The summed E-state index contributed by atoms with van der Waals surface area (Å²) in [5, 5.41) is 3.57. The minimum atomic E-state index is 0.265. The zero-order valence-corrected chi connectivity index (χ0v) is 13.4. The van der Waals surface area contributed by atoms with Crippen molar-refractivity contribution in [3.8, 4) is 0 Å². The predicted octanol–water partition coefficient (Wildman–Crippen LogP) is 3.52. The molecule has 2 nitrogen and oxygen atoms in total. The first kappa shape index (κ1) is 16.0. The lowest BCUT2D eigenvalue weighted by molar-refractivity contribution is 0.0781. The second-order valence-electron chi connectivity index (χ2n) is 7.44. The van der Waals surface area contributed by atoms with Gasteiger partial charge in [0.15, 0.2) is 0 Å². The van der Waals surface area contributed by atoms with Crippen molar-refractivity contribution in [3.63, 3.8) is 0 Å². The van der Waals surface area contributed by atoms with Gasteiger partial charge in [0.05, 0.1) is 0 Å². The van der Waals surface area contributed by atoms with E-state index < -0.39 is 0 Å². The molecule has 1 rings (SSSR count). The van der Waals surface area contributed by atoms with Crippen molar-refractivity contribution >= 4 is 0 Å². The standard InChI is InChI=1S/C16H34N2/c1-13-11-14(2)15(3)18(12-13)10-8-7-9-17-16(4,5)6/h13-15,17H,7-12H2,1-6H3. The Morgan fingerprint density at radius 1 is 1.11 bits per heavy atom. The van der Waals surface area contributed by atoms with E-state index in [1.165, 1.54) is 32.4 Å². The van der Waals surface area contributed by atoms with Crippen molar-refractivity contribution in [2.45, 2.75) is 72.4 Å². The normalized spacial score (nSPS) is 30.7. The lowest BCUT2D eigenvalue weighted by Gasteiger charge is -2.41. The highest BCUT2D eigenvalue weighted by molar-refractivity contribution is 4.81. The molecular formula is C16H34N2. The van der Waals surface area contributed by atoms with Gasteiger partial charge in [0.1, 0.15) is 0 Å². The lowest BCUT2D eigenvalue weighted by atomic mass is 9.86. The second kappa shape index (κ2) is 6.91. The molecule has 1 heterocycles. The molecule has 0 amide bonds. The molecule has 18 heavy (non-hydrogen) atoms. The molecule has 1 fully saturated rings. The predicted molar refractivity (Wildman–Crippen MR) is 81.0 cm³/mol. The molecule has 0 radical (unpaired) electrons. The topological polar surface area (TPSA) is 15.3 Å². The van der Waals surface area contributed by atoms with Crippen LogP contribution in [-0.2, 0) is 0 Å². The van der Waals surface area contributed by atoms with E-state index in [4.69, 9.17) is 0 Å². The van der Waals surface area contributed by atoms with Gasteiger partial charge >= 0.3 is 0 Å². The highest BCUT2D eigenvalue weighted by Crippen LogP contribution is 2.26. The summed E-state index contributed by atoms with van der Waals surface area (Å²) in [6, 6.07) is 0.775. The molecule has 2 heteroatoms. The van der Waals surface area contributed by atoms with Crippen LogP contribution in [0.2, 0.25) is 0 Å². The van der Waals surface area contributed by atoms with E-state index >= 15 is 0 Å². The maximum absolute atomic E-state index is 3.57. The summed E-state index contributed by atoms with van der Waals surface area (Å²) >= 11 is 0. The van der Waals surface area contributed by atoms with E-state index in [2.05, 4.69) is 51.8 Å². The molecule has 0 aromatic heterocycles. The number of rotatable bonds is 5. The van der Waals surface area contributed by atoms with Crippen LogP contribution in [0.4, 0.5) is 0 Å². The Morgan fingerprint density at radius 2 is 1.78 bits per heavy atom. The second-order valence-corrected chi connectivity index (χ2v) is 7.44. The first-order valence-corrected chi connectivity index (χ1v) is 7.78. The molecule has 0 saturated carbocycles. The van der Waals surface area contributed by atoms with E-state index in [0.717, 1.165) is 24.4 Å². The summed E-state index contributed by atoms with van der Waals surface area (Å²) in [5.74, 6) is 1.74. The quantitative estimate of drug-likeness (QED) is 0.755. The van der Waals surface area contributed by atoms with Crippen LogP contribution >= 0.6 is 0 Å². The molecule has 3 atom stereocenters. The Morgan fingerprint density at radius 3 is 2.39 bits per heavy atom. The van der Waals surface area contributed by atoms with Crippen molar-refractivity contribution in [2.24, 2.45) is 11.8 Å². The molecule has 1 aliphatic heterocycles. The molecule has 0 bridgehead atoms. The number of piperidine rings is 1. The fourth-order valence-electron chi connectivity index (χ4n) is 3.03. The summed E-state index contributed by atoms with van der Waals surface area (Å²) in [6.45, 7) is 17.7. The van der Waals surface area contributed by atoms with Gasteiger partial charge in [0, 0.05) is 18.1 Å². The third kappa shape index (κ3) is 5.71.